The van der Waals surface area contributed by atoms with Crippen molar-refractivity contribution in [3.63, 3.8) is 0 Å². The molecule has 5 heteroatoms. The van der Waals surface area contributed by atoms with Crippen molar-refractivity contribution in [3.8, 4) is 0 Å². The van der Waals surface area contributed by atoms with Gasteiger partial charge in [-0.3, -0.25) is 4.98 Å². The molecule has 2 heterocycles. The van der Waals surface area contributed by atoms with Crippen LogP contribution in [0.4, 0.5) is 11.8 Å². The van der Waals surface area contributed by atoms with E-state index in [1.807, 2.05) is 61.3 Å². The molecule has 0 aliphatic rings. The molecule has 2 aromatic heterocycles. The predicted molar refractivity (Wildman–Crippen MR) is 85.0 cm³/mol. The number of para-hydroxylation sites is 1. The summed E-state index contributed by atoms with van der Waals surface area (Å²) in [4.78, 5) is 15.2. The second kappa shape index (κ2) is 5.36. The van der Waals surface area contributed by atoms with Crippen LogP contribution in [0.25, 0.3) is 10.9 Å². The number of aromatic nitrogens is 3. The van der Waals surface area contributed by atoms with Gasteiger partial charge >= 0.3 is 0 Å². The van der Waals surface area contributed by atoms with Gasteiger partial charge in [-0.15, -0.1) is 0 Å². The molecule has 3 aromatic rings. The van der Waals surface area contributed by atoms with Crippen LogP contribution in [0, 0.1) is 6.92 Å². The van der Waals surface area contributed by atoms with Crippen LogP contribution in [0.5, 0.6) is 0 Å². The molecule has 106 valence electrons. The molecule has 3 rings (SSSR count). The zero-order valence-corrected chi connectivity index (χ0v) is 12.1. The molecule has 0 saturated heterocycles. The monoisotopic (exact) mass is 279 g/mol. The Balaban J connectivity index is 1.99. The van der Waals surface area contributed by atoms with E-state index in [9.17, 15) is 0 Å². The Kier molecular flexibility index (Phi) is 3.39. The Labute approximate surface area is 123 Å². The summed E-state index contributed by atoms with van der Waals surface area (Å²) in [6, 6.07) is 13.9. The number of benzene rings is 1. The maximum atomic E-state index is 5.82. The van der Waals surface area contributed by atoms with Gasteiger partial charge in [-0.2, -0.15) is 4.98 Å². The number of anilines is 2. The fourth-order valence-corrected chi connectivity index (χ4v) is 2.37. The molecular formula is C16H17N5. The lowest BCUT2D eigenvalue weighted by molar-refractivity contribution is 0.863. The lowest BCUT2D eigenvalue weighted by Crippen LogP contribution is -2.19. The van der Waals surface area contributed by atoms with Crippen LogP contribution in [0.3, 0.4) is 0 Å². The maximum Gasteiger partial charge on any atom is 0.222 e. The molecule has 0 saturated carbocycles. The van der Waals surface area contributed by atoms with Crippen molar-refractivity contribution in [2.75, 3.05) is 17.7 Å². The predicted octanol–water partition coefficient (Wildman–Crippen LogP) is 2.55. The third-order valence-electron chi connectivity index (χ3n) is 3.31. The maximum absolute atomic E-state index is 5.82. The average Bonchev–Trinajstić information content (AvgIpc) is 2.46. The van der Waals surface area contributed by atoms with Crippen LogP contribution in [0.15, 0.2) is 42.5 Å². The van der Waals surface area contributed by atoms with E-state index < -0.39 is 0 Å². The van der Waals surface area contributed by atoms with Crippen LogP contribution >= 0.6 is 0 Å². The molecule has 0 aliphatic heterocycles. The number of aryl methyl sites for hydroxylation is 1. The van der Waals surface area contributed by atoms with E-state index in [0.29, 0.717) is 6.54 Å². The first-order chi connectivity index (χ1) is 10.1. The van der Waals surface area contributed by atoms with Gasteiger partial charge in [-0.05, 0) is 31.2 Å². The van der Waals surface area contributed by atoms with Gasteiger partial charge in [0.2, 0.25) is 5.95 Å². The van der Waals surface area contributed by atoms with Gasteiger partial charge in [0.1, 0.15) is 5.82 Å². The standard InChI is InChI=1S/C16H17N5/c1-11-6-5-7-12(18-11)10-21(2)15-13-8-3-4-9-14(13)19-16(17)20-15/h3-9H,10H2,1-2H3,(H2,17,19,20). The third kappa shape index (κ3) is 2.76. The van der Waals surface area contributed by atoms with Crippen molar-refractivity contribution in [2.24, 2.45) is 0 Å². The fraction of sp³-hybridized carbons (Fsp3) is 0.188. The van der Waals surface area contributed by atoms with Gasteiger partial charge in [-0.1, -0.05) is 18.2 Å². The molecule has 0 spiro atoms. The quantitative estimate of drug-likeness (QED) is 0.798. The van der Waals surface area contributed by atoms with Gasteiger partial charge in [0.05, 0.1) is 17.8 Å². The summed E-state index contributed by atoms with van der Waals surface area (Å²) < 4.78 is 0. The number of nitrogens with zero attached hydrogens (tertiary/aromatic N) is 4. The second-order valence-electron chi connectivity index (χ2n) is 5.05. The van der Waals surface area contributed by atoms with Crippen LogP contribution in [0.1, 0.15) is 11.4 Å². The normalized spacial score (nSPS) is 10.8. The minimum Gasteiger partial charge on any atom is -0.368 e. The Hall–Kier alpha value is -2.69. The van der Waals surface area contributed by atoms with Gasteiger partial charge < -0.3 is 10.6 Å². The zero-order chi connectivity index (χ0) is 14.8. The fourth-order valence-electron chi connectivity index (χ4n) is 2.37. The summed E-state index contributed by atoms with van der Waals surface area (Å²) in [5.41, 5.74) is 8.67. The van der Waals surface area contributed by atoms with Crippen molar-refractivity contribution < 1.29 is 0 Å². The van der Waals surface area contributed by atoms with Gasteiger partial charge in [-0.25, -0.2) is 4.98 Å². The van der Waals surface area contributed by atoms with Crippen molar-refractivity contribution in [2.45, 2.75) is 13.5 Å². The van der Waals surface area contributed by atoms with E-state index in [1.54, 1.807) is 0 Å². The Bertz CT molecular complexity index is 784. The third-order valence-corrected chi connectivity index (χ3v) is 3.31. The Morgan fingerprint density at radius 2 is 1.81 bits per heavy atom. The highest BCUT2D eigenvalue weighted by atomic mass is 15.2. The number of fused-ring (bicyclic) bond motifs is 1. The Morgan fingerprint density at radius 3 is 2.62 bits per heavy atom. The molecule has 1 aromatic carbocycles. The van der Waals surface area contributed by atoms with Crippen molar-refractivity contribution in [3.05, 3.63) is 53.9 Å². The summed E-state index contributed by atoms with van der Waals surface area (Å²) in [6.45, 7) is 2.66. The average molecular weight is 279 g/mol. The molecule has 21 heavy (non-hydrogen) atoms. The molecule has 0 amide bonds. The second-order valence-corrected chi connectivity index (χ2v) is 5.05. The number of pyridine rings is 1. The summed E-state index contributed by atoms with van der Waals surface area (Å²) in [5.74, 6) is 1.11. The van der Waals surface area contributed by atoms with E-state index in [1.165, 1.54) is 0 Å². The van der Waals surface area contributed by atoms with Crippen molar-refractivity contribution in [1.29, 1.82) is 0 Å². The summed E-state index contributed by atoms with van der Waals surface area (Å²) in [7, 11) is 1.98. The number of nitrogen functional groups attached to an aromatic ring is 1. The van der Waals surface area contributed by atoms with Gasteiger partial charge in [0.25, 0.3) is 0 Å². The lowest BCUT2D eigenvalue weighted by Gasteiger charge is -2.19. The molecule has 0 radical (unpaired) electrons. The highest BCUT2D eigenvalue weighted by molar-refractivity contribution is 5.90. The molecule has 0 unspecified atom stereocenters. The minimum atomic E-state index is 0.285. The smallest absolute Gasteiger partial charge is 0.222 e. The molecule has 2 N–H and O–H groups in total. The van der Waals surface area contributed by atoms with Crippen LogP contribution < -0.4 is 10.6 Å². The molecule has 0 bridgehead atoms. The number of hydrogen-bond donors (Lipinski definition) is 1. The van der Waals surface area contributed by atoms with E-state index in [2.05, 4.69) is 15.0 Å². The molecule has 0 atom stereocenters. The first-order valence-corrected chi connectivity index (χ1v) is 6.79. The van der Waals surface area contributed by atoms with E-state index in [4.69, 9.17) is 5.73 Å². The molecule has 0 fully saturated rings. The van der Waals surface area contributed by atoms with Crippen molar-refractivity contribution in [1.82, 2.24) is 15.0 Å². The zero-order valence-electron chi connectivity index (χ0n) is 12.1. The Morgan fingerprint density at radius 1 is 1.00 bits per heavy atom. The SMILES string of the molecule is Cc1cccc(CN(C)c2nc(N)nc3ccccc23)n1. The largest absolute Gasteiger partial charge is 0.368 e. The van der Waals surface area contributed by atoms with E-state index >= 15 is 0 Å². The topological polar surface area (TPSA) is 67.9 Å². The van der Waals surface area contributed by atoms with E-state index in [-0.39, 0.29) is 5.95 Å². The number of nitrogens with two attached hydrogens (primary N) is 1. The first-order valence-electron chi connectivity index (χ1n) is 6.79. The molecular weight excluding hydrogens is 262 g/mol. The first kappa shape index (κ1) is 13.3. The minimum absolute atomic E-state index is 0.285. The molecule has 0 aliphatic carbocycles. The van der Waals surface area contributed by atoms with Crippen LogP contribution in [-0.2, 0) is 6.54 Å². The van der Waals surface area contributed by atoms with Crippen LogP contribution in [0.2, 0.25) is 0 Å². The van der Waals surface area contributed by atoms with Crippen molar-refractivity contribution >= 4 is 22.7 Å². The molecule has 5 nitrogen and oxygen atoms in total. The van der Waals surface area contributed by atoms with E-state index in [0.717, 1.165) is 28.1 Å². The van der Waals surface area contributed by atoms with Gasteiger partial charge in [0, 0.05) is 18.1 Å². The van der Waals surface area contributed by atoms with Gasteiger partial charge in [0.15, 0.2) is 0 Å². The highest BCUT2D eigenvalue weighted by Gasteiger charge is 2.11. The summed E-state index contributed by atoms with van der Waals surface area (Å²) in [5, 5.41) is 0.988. The number of rotatable bonds is 3. The lowest BCUT2D eigenvalue weighted by atomic mass is 10.2. The summed E-state index contributed by atoms with van der Waals surface area (Å²) in [6.07, 6.45) is 0. The summed E-state index contributed by atoms with van der Waals surface area (Å²) >= 11 is 0. The number of hydrogen-bond acceptors (Lipinski definition) is 5. The highest BCUT2D eigenvalue weighted by Crippen LogP contribution is 2.24. The van der Waals surface area contributed by atoms with Crippen LogP contribution in [-0.4, -0.2) is 22.0 Å².